The number of rotatable bonds is 4. The predicted molar refractivity (Wildman–Crippen MR) is 44.9 cm³/mol. The van der Waals surface area contributed by atoms with Crippen LogP contribution in [0.15, 0.2) is 0 Å². The van der Waals surface area contributed by atoms with Crippen LogP contribution in [-0.4, -0.2) is 31.8 Å². The van der Waals surface area contributed by atoms with Gasteiger partial charge in [0.05, 0.1) is 6.10 Å². The van der Waals surface area contributed by atoms with Gasteiger partial charge in [0, 0.05) is 7.11 Å². The van der Waals surface area contributed by atoms with Crippen molar-refractivity contribution in [3.63, 3.8) is 0 Å². The maximum Gasteiger partial charge on any atom is 0.509 e. The van der Waals surface area contributed by atoms with Crippen molar-refractivity contribution in [3.8, 4) is 0 Å². The fraction of sp³-hybridized carbons (Fsp3) is 0.857. The third-order valence-corrected chi connectivity index (χ3v) is 4.06. The van der Waals surface area contributed by atoms with Crippen LogP contribution >= 0.6 is 7.60 Å². The highest BCUT2D eigenvalue weighted by atomic mass is 31.2. The van der Waals surface area contributed by atoms with E-state index in [2.05, 4.69) is 9.47 Å². The molecule has 2 fully saturated rings. The molecule has 0 aromatic rings. The minimum absolute atomic E-state index is 0.0277. The molecule has 2 unspecified atom stereocenters. The van der Waals surface area contributed by atoms with Gasteiger partial charge in [0.25, 0.3) is 0 Å². The van der Waals surface area contributed by atoms with E-state index in [-0.39, 0.29) is 12.7 Å². The fourth-order valence-corrected chi connectivity index (χ4v) is 2.64. The molecule has 0 amide bonds. The van der Waals surface area contributed by atoms with E-state index in [4.69, 9.17) is 9.05 Å². The van der Waals surface area contributed by atoms with Gasteiger partial charge >= 0.3 is 13.8 Å². The molecule has 0 radical (unpaired) electrons. The average molecular weight is 222 g/mol. The molecule has 0 N–H and O–H groups in total. The Bertz CT molecular complexity index is 286. The quantitative estimate of drug-likeness (QED) is 0.530. The molecule has 1 heterocycles. The summed E-state index contributed by atoms with van der Waals surface area (Å²) in [5.41, 5.74) is 0. The summed E-state index contributed by atoms with van der Waals surface area (Å²) < 4.78 is 31.2. The summed E-state index contributed by atoms with van der Waals surface area (Å²) >= 11 is 0. The highest BCUT2D eigenvalue weighted by Gasteiger charge is 2.47. The lowest BCUT2D eigenvalue weighted by Gasteiger charge is -2.18. The van der Waals surface area contributed by atoms with E-state index in [1.807, 2.05) is 0 Å². The number of carbonyl (C=O) groups excluding carboxylic acids is 1. The predicted octanol–water partition coefficient (Wildman–Crippen LogP) is 1.50. The van der Waals surface area contributed by atoms with Crippen LogP contribution in [0.5, 0.6) is 0 Å². The molecular formula is C7H11O6P. The standard InChI is InChI=1S/C7H11O6P/c1-10-14(9,13-5-2-3-5)6-4-11-7(8)12-6/h5-6H,2-4H2,1H3. The molecule has 1 aliphatic carbocycles. The number of cyclic esters (lactones) is 2. The topological polar surface area (TPSA) is 71.1 Å². The van der Waals surface area contributed by atoms with E-state index >= 15 is 0 Å². The Kier molecular flexibility index (Phi) is 2.51. The Morgan fingerprint density at radius 2 is 2.21 bits per heavy atom. The molecule has 80 valence electrons. The highest BCUT2D eigenvalue weighted by molar-refractivity contribution is 7.54. The summed E-state index contributed by atoms with van der Waals surface area (Å²) in [6.07, 6.45) is 0.885. The Morgan fingerprint density at radius 3 is 2.64 bits per heavy atom. The number of hydrogen-bond acceptors (Lipinski definition) is 6. The zero-order valence-electron chi connectivity index (χ0n) is 7.67. The third kappa shape index (κ3) is 1.92. The number of ether oxygens (including phenoxy) is 2. The van der Waals surface area contributed by atoms with Gasteiger partial charge in [-0.15, -0.1) is 0 Å². The van der Waals surface area contributed by atoms with Gasteiger partial charge in [-0.2, -0.15) is 0 Å². The zero-order valence-corrected chi connectivity index (χ0v) is 8.57. The summed E-state index contributed by atoms with van der Waals surface area (Å²) in [6.45, 7) is -0.0727. The van der Waals surface area contributed by atoms with E-state index < -0.39 is 19.6 Å². The Hall–Kier alpha value is -0.580. The van der Waals surface area contributed by atoms with Crippen molar-refractivity contribution in [1.82, 2.24) is 0 Å². The van der Waals surface area contributed by atoms with Crippen LogP contribution in [0.3, 0.4) is 0 Å². The van der Waals surface area contributed by atoms with Crippen molar-refractivity contribution in [3.05, 3.63) is 0 Å². The Labute approximate surface area is 81.0 Å². The minimum Gasteiger partial charge on any atom is -0.430 e. The Morgan fingerprint density at radius 1 is 1.50 bits per heavy atom. The summed E-state index contributed by atoms with van der Waals surface area (Å²) in [4.78, 5) is 10.6. The van der Waals surface area contributed by atoms with Crippen molar-refractivity contribution < 1.29 is 27.9 Å². The molecule has 7 heteroatoms. The second kappa shape index (κ2) is 3.53. The van der Waals surface area contributed by atoms with Gasteiger partial charge in [0.1, 0.15) is 6.61 Å². The van der Waals surface area contributed by atoms with Gasteiger partial charge in [-0.1, -0.05) is 0 Å². The Balaban J connectivity index is 2.02. The maximum atomic E-state index is 12.0. The van der Waals surface area contributed by atoms with Gasteiger partial charge in [-0.05, 0) is 12.8 Å². The lowest BCUT2D eigenvalue weighted by atomic mass is 10.8. The van der Waals surface area contributed by atoms with Gasteiger partial charge in [0.2, 0.25) is 5.85 Å². The van der Waals surface area contributed by atoms with Crippen LogP contribution in [0.2, 0.25) is 0 Å². The van der Waals surface area contributed by atoms with Crippen molar-refractivity contribution in [1.29, 1.82) is 0 Å². The van der Waals surface area contributed by atoms with E-state index in [9.17, 15) is 9.36 Å². The molecule has 0 aromatic heterocycles. The van der Waals surface area contributed by atoms with Crippen LogP contribution in [-0.2, 0) is 23.1 Å². The first-order chi connectivity index (χ1) is 6.64. The van der Waals surface area contributed by atoms with Crippen LogP contribution < -0.4 is 0 Å². The third-order valence-electron chi connectivity index (χ3n) is 2.00. The normalized spacial score (nSPS) is 30.6. The molecule has 1 saturated heterocycles. The second-order valence-corrected chi connectivity index (χ2v) is 5.39. The maximum absolute atomic E-state index is 12.0. The van der Waals surface area contributed by atoms with Gasteiger partial charge in [-0.25, -0.2) is 4.79 Å². The number of carbonyl (C=O) groups is 1. The molecule has 14 heavy (non-hydrogen) atoms. The molecule has 1 aliphatic heterocycles. The molecule has 0 bridgehead atoms. The van der Waals surface area contributed by atoms with Crippen LogP contribution in [0, 0.1) is 0 Å². The molecule has 2 aliphatic rings. The van der Waals surface area contributed by atoms with Crippen LogP contribution in [0.4, 0.5) is 4.79 Å². The summed E-state index contributed by atoms with van der Waals surface area (Å²) in [5.74, 6) is -0.916. The SMILES string of the molecule is COP(=O)(OC1CC1)C1COC(=O)O1. The molecule has 0 aromatic carbocycles. The van der Waals surface area contributed by atoms with Gasteiger partial charge in [0.15, 0.2) is 0 Å². The second-order valence-electron chi connectivity index (χ2n) is 3.16. The van der Waals surface area contributed by atoms with Crippen molar-refractivity contribution in [2.75, 3.05) is 13.7 Å². The highest BCUT2D eigenvalue weighted by Crippen LogP contribution is 2.57. The first-order valence-electron chi connectivity index (χ1n) is 4.31. The van der Waals surface area contributed by atoms with Gasteiger partial charge < -0.3 is 18.5 Å². The van der Waals surface area contributed by atoms with E-state index in [0.29, 0.717) is 0 Å². The zero-order chi connectivity index (χ0) is 10.2. The van der Waals surface area contributed by atoms with E-state index in [1.54, 1.807) is 0 Å². The first-order valence-corrected chi connectivity index (χ1v) is 5.92. The summed E-state index contributed by atoms with van der Waals surface area (Å²) in [7, 11) is -2.07. The van der Waals surface area contributed by atoms with E-state index in [0.717, 1.165) is 12.8 Å². The van der Waals surface area contributed by atoms with Crippen LogP contribution in [0.25, 0.3) is 0 Å². The minimum atomic E-state index is -3.35. The fourth-order valence-electron chi connectivity index (χ4n) is 1.08. The smallest absolute Gasteiger partial charge is 0.430 e. The van der Waals surface area contributed by atoms with Crippen molar-refractivity contribution in [2.24, 2.45) is 0 Å². The average Bonchev–Trinajstić information content (AvgIpc) is 2.85. The molecular weight excluding hydrogens is 211 g/mol. The molecule has 2 atom stereocenters. The number of hydrogen-bond donors (Lipinski definition) is 0. The molecule has 0 spiro atoms. The lowest BCUT2D eigenvalue weighted by Crippen LogP contribution is -2.14. The largest absolute Gasteiger partial charge is 0.509 e. The lowest BCUT2D eigenvalue weighted by molar-refractivity contribution is 0.118. The van der Waals surface area contributed by atoms with Crippen LogP contribution in [0.1, 0.15) is 12.8 Å². The molecule has 1 saturated carbocycles. The van der Waals surface area contributed by atoms with Crippen molar-refractivity contribution in [2.45, 2.75) is 24.8 Å². The van der Waals surface area contributed by atoms with Crippen molar-refractivity contribution >= 4 is 13.8 Å². The summed E-state index contributed by atoms with van der Waals surface area (Å²) in [5, 5.41) is 0. The van der Waals surface area contributed by atoms with Gasteiger partial charge in [-0.3, -0.25) is 4.57 Å². The summed E-state index contributed by atoms with van der Waals surface area (Å²) in [6, 6.07) is 0. The van der Waals surface area contributed by atoms with E-state index in [1.165, 1.54) is 7.11 Å². The molecule has 2 rings (SSSR count). The monoisotopic (exact) mass is 222 g/mol. The first kappa shape index (κ1) is 9.96. The molecule has 6 nitrogen and oxygen atoms in total.